The molecule has 0 bridgehead atoms. The molecule has 1 heterocycles. The van der Waals surface area contributed by atoms with E-state index < -0.39 is 24.0 Å². The maximum atomic E-state index is 11.0. The Labute approximate surface area is 98.8 Å². The maximum Gasteiger partial charge on any atom is 0.317 e. The molecule has 1 aliphatic rings. The van der Waals surface area contributed by atoms with Crippen molar-refractivity contribution in [2.45, 2.75) is 31.8 Å². The number of likely N-dealkylation sites (tertiary alicyclic amines) is 1. The molecule has 0 aromatic rings. The standard InChI is InChI=1S/C10H15N3O4/c1-7(14)13(17)9-3-2-8(4-11)12(5-9)6-10(15)16/h8-9,17H,2-3,5-6H2,1H3,(H,15,16)/t8-,9+/m0/s1. The lowest BCUT2D eigenvalue weighted by molar-refractivity contribution is -0.178. The number of piperidine rings is 1. The Morgan fingerprint density at radius 3 is 2.65 bits per heavy atom. The minimum Gasteiger partial charge on any atom is -0.480 e. The number of carboxylic acids is 1. The molecule has 94 valence electrons. The molecule has 0 spiro atoms. The van der Waals surface area contributed by atoms with Crippen molar-refractivity contribution in [1.82, 2.24) is 9.96 Å². The first kappa shape index (κ1) is 13.4. The number of amides is 1. The topological polar surface area (TPSA) is 105 Å². The zero-order valence-electron chi connectivity index (χ0n) is 9.54. The van der Waals surface area contributed by atoms with Crippen molar-refractivity contribution in [2.75, 3.05) is 13.1 Å². The predicted molar refractivity (Wildman–Crippen MR) is 55.9 cm³/mol. The van der Waals surface area contributed by atoms with Crippen LogP contribution in [0.15, 0.2) is 0 Å². The van der Waals surface area contributed by atoms with Crippen LogP contribution in [0.25, 0.3) is 0 Å². The van der Waals surface area contributed by atoms with Gasteiger partial charge in [-0.1, -0.05) is 0 Å². The monoisotopic (exact) mass is 241 g/mol. The molecule has 0 aromatic heterocycles. The van der Waals surface area contributed by atoms with Crippen molar-refractivity contribution in [1.29, 1.82) is 5.26 Å². The van der Waals surface area contributed by atoms with Gasteiger partial charge in [0.2, 0.25) is 5.91 Å². The molecule has 0 unspecified atom stereocenters. The highest BCUT2D eigenvalue weighted by molar-refractivity contribution is 5.72. The van der Waals surface area contributed by atoms with E-state index in [1.54, 1.807) is 0 Å². The van der Waals surface area contributed by atoms with Gasteiger partial charge in [0.25, 0.3) is 0 Å². The highest BCUT2D eigenvalue weighted by atomic mass is 16.5. The molecule has 7 nitrogen and oxygen atoms in total. The van der Waals surface area contributed by atoms with Crippen LogP contribution in [0.5, 0.6) is 0 Å². The number of hydrogen-bond donors (Lipinski definition) is 2. The molecule has 0 saturated carbocycles. The Bertz CT molecular complexity index is 352. The summed E-state index contributed by atoms with van der Waals surface area (Å²) in [5.74, 6) is -1.51. The summed E-state index contributed by atoms with van der Waals surface area (Å²) in [7, 11) is 0. The first-order chi connectivity index (χ1) is 7.95. The van der Waals surface area contributed by atoms with Gasteiger partial charge in [0, 0.05) is 13.5 Å². The third-order valence-corrected chi connectivity index (χ3v) is 2.82. The fourth-order valence-corrected chi connectivity index (χ4v) is 1.97. The second-order valence-electron chi connectivity index (χ2n) is 4.06. The summed E-state index contributed by atoms with van der Waals surface area (Å²) >= 11 is 0. The molecule has 2 atom stereocenters. The van der Waals surface area contributed by atoms with Gasteiger partial charge in [0.05, 0.1) is 24.7 Å². The quantitative estimate of drug-likeness (QED) is 0.517. The van der Waals surface area contributed by atoms with Gasteiger partial charge in [0.1, 0.15) is 0 Å². The van der Waals surface area contributed by atoms with E-state index in [1.165, 1.54) is 11.8 Å². The number of carbonyl (C=O) groups is 2. The Morgan fingerprint density at radius 1 is 1.53 bits per heavy atom. The van der Waals surface area contributed by atoms with Gasteiger partial charge in [-0.05, 0) is 12.8 Å². The Hall–Kier alpha value is -1.65. The van der Waals surface area contributed by atoms with Gasteiger partial charge in [-0.3, -0.25) is 19.7 Å². The van der Waals surface area contributed by atoms with Gasteiger partial charge in [-0.15, -0.1) is 0 Å². The van der Waals surface area contributed by atoms with Gasteiger partial charge in [0.15, 0.2) is 0 Å². The average Bonchev–Trinajstić information content (AvgIpc) is 2.27. The average molecular weight is 241 g/mol. The normalized spacial score (nSPS) is 25.0. The van der Waals surface area contributed by atoms with Crippen molar-refractivity contribution >= 4 is 11.9 Å². The zero-order valence-corrected chi connectivity index (χ0v) is 9.54. The lowest BCUT2D eigenvalue weighted by atomic mass is 9.99. The van der Waals surface area contributed by atoms with Crippen molar-refractivity contribution in [3.05, 3.63) is 0 Å². The van der Waals surface area contributed by atoms with E-state index in [9.17, 15) is 14.8 Å². The lowest BCUT2D eigenvalue weighted by Crippen LogP contribution is -2.53. The lowest BCUT2D eigenvalue weighted by Gasteiger charge is -2.37. The number of carboxylic acid groups (broad SMARTS) is 1. The molecular weight excluding hydrogens is 226 g/mol. The number of rotatable bonds is 3. The Balaban J connectivity index is 2.69. The van der Waals surface area contributed by atoms with Crippen molar-refractivity contribution < 1.29 is 19.9 Å². The largest absolute Gasteiger partial charge is 0.480 e. The van der Waals surface area contributed by atoms with Gasteiger partial charge in [-0.25, -0.2) is 5.06 Å². The predicted octanol–water partition coefficient (Wildman–Crippen LogP) is -0.335. The molecule has 17 heavy (non-hydrogen) atoms. The number of hydrogen-bond acceptors (Lipinski definition) is 5. The molecule has 0 aliphatic carbocycles. The third-order valence-electron chi connectivity index (χ3n) is 2.82. The van der Waals surface area contributed by atoms with Crippen LogP contribution in [0.4, 0.5) is 0 Å². The van der Waals surface area contributed by atoms with Crippen molar-refractivity contribution in [3.63, 3.8) is 0 Å². The number of nitriles is 1. The summed E-state index contributed by atoms with van der Waals surface area (Å²) in [5.41, 5.74) is 0. The zero-order chi connectivity index (χ0) is 13.0. The van der Waals surface area contributed by atoms with Gasteiger partial charge >= 0.3 is 5.97 Å². The fourth-order valence-electron chi connectivity index (χ4n) is 1.97. The molecule has 1 aliphatic heterocycles. The van der Waals surface area contributed by atoms with Crippen LogP contribution < -0.4 is 0 Å². The maximum absolute atomic E-state index is 11.0. The third kappa shape index (κ3) is 3.41. The Morgan fingerprint density at radius 2 is 2.18 bits per heavy atom. The van der Waals surface area contributed by atoms with Crippen LogP contribution in [0.1, 0.15) is 19.8 Å². The van der Waals surface area contributed by atoms with Crippen molar-refractivity contribution in [2.24, 2.45) is 0 Å². The molecule has 1 fully saturated rings. The molecule has 1 saturated heterocycles. The smallest absolute Gasteiger partial charge is 0.317 e. The van der Waals surface area contributed by atoms with E-state index >= 15 is 0 Å². The first-order valence-corrected chi connectivity index (χ1v) is 5.29. The molecule has 2 N–H and O–H groups in total. The molecular formula is C10H15N3O4. The van der Waals surface area contributed by atoms with Crippen LogP contribution in [0.3, 0.4) is 0 Å². The van der Waals surface area contributed by atoms with E-state index in [-0.39, 0.29) is 13.1 Å². The van der Waals surface area contributed by atoms with Crippen molar-refractivity contribution in [3.8, 4) is 6.07 Å². The highest BCUT2D eigenvalue weighted by Crippen LogP contribution is 2.20. The Kier molecular flexibility index (Phi) is 4.43. The number of hydroxylamine groups is 2. The van der Waals surface area contributed by atoms with Crippen LogP contribution in [-0.4, -0.2) is 57.3 Å². The number of aliphatic carboxylic acids is 1. The number of nitrogens with zero attached hydrogens (tertiary/aromatic N) is 3. The highest BCUT2D eigenvalue weighted by Gasteiger charge is 2.33. The molecule has 1 amide bonds. The first-order valence-electron chi connectivity index (χ1n) is 5.29. The summed E-state index contributed by atoms with van der Waals surface area (Å²) < 4.78 is 0. The van der Waals surface area contributed by atoms with Gasteiger partial charge < -0.3 is 5.11 Å². The summed E-state index contributed by atoms with van der Waals surface area (Å²) in [4.78, 5) is 23.1. The van der Waals surface area contributed by atoms with E-state index in [0.29, 0.717) is 17.9 Å². The van der Waals surface area contributed by atoms with E-state index in [1.807, 2.05) is 6.07 Å². The summed E-state index contributed by atoms with van der Waals surface area (Å²) in [6.45, 7) is 1.17. The van der Waals surface area contributed by atoms with E-state index in [0.717, 1.165) is 0 Å². The second kappa shape index (κ2) is 5.61. The molecule has 0 aromatic carbocycles. The second-order valence-corrected chi connectivity index (χ2v) is 4.06. The molecule has 0 radical (unpaired) electrons. The van der Waals surface area contributed by atoms with E-state index in [4.69, 9.17) is 10.4 Å². The summed E-state index contributed by atoms with van der Waals surface area (Å²) in [5, 5.41) is 27.7. The SMILES string of the molecule is CC(=O)N(O)[C@@H]1CC[C@@H](C#N)N(CC(=O)O)C1. The summed E-state index contributed by atoms with van der Waals surface area (Å²) in [6.07, 6.45) is 0.934. The van der Waals surface area contributed by atoms with Crippen LogP contribution in [-0.2, 0) is 9.59 Å². The minimum absolute atomic E-state index is 0.195. The fraction of sp³-hybridized carbons (Fsp3) is 0.700. The van der Waals surface area contributed by atoms with Crippen LogP contribution >= 0.6 is 0 Å². The molecule has 1 rings (SSSR count). The van der Waals surface area contributed by atoms with Crippen LogP contribution in [0, 0.1) is 11.3 Å². The summed E-state index contributed by atoms with van der Waals surface area (Å²) in [6, 6.07) is 1.11. The van der Waals surface area contributed by atoms with E-state index in [2.05, 4.69) is 0 Å². The minimum atomic E-state index is -1.03. The molecule has 7 heteroatoms. The van der Waals surface area contributed by atoms with Crippen LogP contribution in [0.2, 0.25) is 0 Å². The number of carbonyl (C=O) groups excluding carboxylic acids is 1. The van der Waals surface area contributed by atoms with Gasteiger partial charge in [-0.2, -0.15) is 5.26 Å².